The number of carbonyl (C=O) groups is 2. The van der Waals surface area contributed by atoms with Gasteiger partial charge in [0.25, 0.3) is 0 Å². The highest BCUT2D eigenvalue weighted by Gasteiger charge is 2.38. The van der Waals surface area contributed by atoms with Crippen molar-refractivity contribution in [3.8, 4) is 0 Å². The van der Waals surface area contributed by atoms with Crippen LogP contribution in [0.25, 0.3) is 0 Å². The van der Waals surface area contributed by atoms with E-state index >= 15 is 0 Å². The number of hydrogen-bond acceptors (Lipinski definition) is 9. The molecule has 0 saturated carbocycles. The fraction of sp³-hybridized carbons (Fsp3) is 0.382. The Hall–Kier alpha value is -4.53. The molecular weight excluding hydrogens is 544 g/mol. The van der Waals surface area contributed by atoms with E-state index in [1.807, 2.05) is 45.9 Å². The Labute approximate surface area is 252 Å². The average molecular weight is 583 g/mol. The third-order valence-corrected chi connectivity index (χ3v) is 9.02. The summed E-state index contributed by atoms with van der Waals surface area (Å²) < 4.78 is 10.2. The molecule has 0 spiro atoms. The molecule has 5 aliphatic rings. The summed E-state index contributed by atoms with van der Waals surface area (Å²) in [5, 5.41) is 13.8. The maximum absolute atomic E-state index is 13.2. The normalized spacial score (nSPS) is 24.1. The first-order valence-electron chi connectivity index (χ1n) is 14.6. The van der Waals surface area contributed by atoms with Gasteiger partial charge in [0.15, 0.2) is 0 Å². The first-order valence-corrected chi connectivity index (χ1v) is 14.6. The van der Waals surface area contributed by atoms with E-state index in [9.17, 15) is 14.7 Å². The SMILES string of the molecule is CCC1=C(C)C2=CC3=NC(=C(C)/C3=C\O)C=C3NC(=C(C)C4=NC(=CC1=N2)C(C)=C4C(=O)OC)[C@@H](CCC(=O)OC)[C@@H]3C. The van der Waals surface area contributed by atoms with Crippen LogP contribution in [0.1, 0.15) is 60.8 Å². The number of aliphatic imine (C=N–C) groups is 3. The molecule has 1 fully saturated rings. The standard InChI is InChI=1S/C34H38N4O5/c1-9-21-16(2)25-13-29-23(15-39)18(4)24(36-29)12-26-17(3)22(10-11-30(40)42-7)32(37-26)20(6)33-31(34(41)43-8)19(5)27(38-33)14-28(21)35-25/h12-15,17,22,37,39H,9-11H2,1-8H3/b23-15+,25-13?,26-12?,27-14?,32-20?/t17-,22-/m0/s1. The highest BCUT2D eigenvalue weighted by molar-refractivity contribution is 6.30. The van der Waals surface area contributed by atoms with E-state index in [1.54, 1.807) is 0 Å². The average Bonchev–Trinajstić information content (AvgIpc) is 3.68. The van der Waals surface area contributed by atoms with Crippen LogP contribution >= 0.6 is 0 Å². The molecule has 2 N–H and O–H groups in total. The van der Waals surface area contributed by atoms with Crippen molar-refractivity contribution in [2.45, 2.75) is 60.8 Å². The fourth-order valence-corrected chi connectivity index (χ4v) is 6.35. The van der Waals surface area contributed by atoms with E-state index in [0.29, 0.717) is 40.3 Å². The number of aliphatic hydroxyl groups excluding tert-OH is 1. The van der Waals surface area contributed by atoms with Crippen molar-refractivity contribution in [3.05, 3.63) is 92.0 Å². The molecule has 224 valence electrons. The van der Waals surface area contributed by atoms with E-state index in [1.165, 1.54) is 14.2 Å². The number of carbonyl (C=O) groups excluding carboxylic acids is 2. The molecule has 9 heteroatoms. The van der Waals surface area contributed by atoms with Crippen molar-refractivity contribution in [1.82, 2.24) is 5.32 Å². The summed E-state index contributed by atoms with van der Waals surface area (Å²) in [6.07, 6.45) is 8.48. The first-order chi connectivity index (χ1) is 20.5. The van der Waals surface area contributed by atoms with Crippen LogP contribution in [0, 0.1) is 11.8 Å². The minimum atomic E-state index is -0.460. The van der Waals surface area contributed by atoms with Gasteiger partial charge in [0.1, 0.15) is 0 Å². The lowest BCUT2D eigenvalue weighted by molar-refractivity contribution is -0.141. The van der Waals surface area contributed by atoms with Crippen molar-refractivity contribution < 1.29 is 24.2 Å². The van der Waals surface area contributed by atoms with Crippen LogP contribution in [0.15, 0.2) is 107 Å². The third-order valence-electron chi connectivity index (χ3n) is 9.02. The predicted molar refractivity (Wildman–Crippen MR) is 167 cm³/mol. The second-order valence-corrected chi connectivity index (χ2v) is 11.3. The van der Waals surface area contributed by atoms with Gasteiger partial charge >= 0.3 is 11.9 Å². The Morgan fingerprint density at radius 1 is 0.930 bits per heavy atom. The number of rotatable bonds is 5. The summed E-state index contributed by atoms with van der Waals surface area (Å²) in [7, 11) is 2.76. The molecule has 0 aliphatic carbocycles. The van der Waals surface area contributed by atoms with Crippen LogP contribution in [0.2, 0.25) is 0 Å². The molecule has 0 radical (unpaired) electrons. The second-order valence-electron chi connectivity index (χ2n) is 11.3. The van der Waals surface area contributed by atoms with Crippen molar-refractivity contribution >= 4 is 29.1 Å². The van der Waals surface area contributed by atoms with Crippen LogP contribution in [-0.2, 0) is 19.1 Å². The Balaban J connectivity index is 1.80. The van der Waals surface area contributed by atoms with Gasteiger partial charge in [-0.25, -0.2) is 19.8 Å². The fourth-order valence-electron chi connectivity index (χ4n) is 6.35. The topological polar surface area (TPSA) is 122 Å². The number of fused-ring (bicyclic) bond motifs is 5. The van der Waals surface area contributed by atoms with Crippen molar-refractivity contribution in [3.63, 3.8) is 0 Å². The monoisotopic (exact) mass is 582 g/mol. The zero-order valence-electron chi connectivity index (χ0n) is 26.0. The largest absolute Gasteiger partial charge is 0.515 e. The number of hydrogen-bond donors (Lipinski definition) is 2. The Morgan fingerprint density at radius 2 is 1.63 bits per heavy atom. The van der Waals surface area contributed by atoms with E-state index in [2.05, 4.69) is 19.2 Å². The smallest absolute Gasteiger partial charge is 0.340 e. The van der Waals surface area contributed by atoms with E-state index in [-0.39, 0.29) is 24.2 Å². The number of esters is 2. The third kappa shape index (κ3) is 5.07. The molecule has 9 nitrogen and oxygen atoms in total. The van der Waals surface area contributed by atoms with E-state index in [0.717, 1.165) is 63.5 Å². The molecule has 1 saturated heterocycles. The second kappa shape index (κ2) is 11.6. The van der Waals surface area contributed by atoms with E-state index < -0.39 is 5.97 Å². The van der Waals surface area contributed by atoms with Gasteiger partial charge in [0, 0.05) is 35.2 Å². The highest BCUT2D eigenvalue weighted by atomic mass is 16.5. The van der Waals surface area contributed by atoms with Crippen LogP contribution < -0.4 is 5.32 Å². The quantitative estimate of drug-likeness (QED) is 0.302. The van der Waals surface area contributed by atoms with Crippen molar-refractivity contribution in [1.29, 1.82) is 0 Å². The maximum atomic E-state index is 13.2. The number of nitrogens with zero attached hydrogens (tertiary/aromatic N) is 3. The number of ether oxygens (including phenoxy) is 2. The molecule has 0 amide bonds. The Bertz CT molecular complexity index is 1680. The summed E-state index contributed by atoms with van der Waals surface area (Å²) >= 11 is 0. The highest BCUT2D eigenvalue weighted by Crippen LogP contribution is 2.42. The lowest BCUT2D eigenvalue weighted by Crippen LogP contribution is -2.20. The summed E-state index contributed by atoms with van der Waals surface area (Å²) in [5.74, 6) is -0.824. The Morgan fingerprint density at radius 3 is 2.28 bits per heavy atom. The van der Waals surface area contributed by atoms with Gasteiger partial charge in [-0.15, -0.1) is 0 Å². The van der Waals surface area contributed by atoms with Gasteiger partial charge in [-0.2, -0.15) is 0 Å². The van der Waals surface area contributed by atoms with Gasteiger partial charge in [-0.05, 0) is 86.6 Å². The summed E-state index contributed by atoms with van der Waals surface area (Å²) in [5.41, 5.74) is 11.4. The zero-order chi connectivity index (χ0) is 31.2. The number of nitrogens with one attached hydrogen (secondary N) is 1. The van der Waals surface area contributed by atoms with Crippen molar-refractivity contribution in [2.24, 2.45) is 26.8 Å². The van der Waals surface area contributed by atoms with Crippen LogP contribution in [0.4, 0.5) is 0 Å². The predicted octanol–water partition coefficient (Wildman–Crippen LogP) is 6.03. The van der Waals surface area contributed by atoms with Gasteiger partial charge in [-0.1, -0.05) is 13.8 Å². The molecular formula is C34H38N4O5. The van der Waals surface area contributed by atoms with Gasteiger partial charge in [0.2, 0.25) is 0 Å². The lowest BCUT2D eigenvalue weighted by atomic mass is 9.86. The number of allylic oxidation sites excluding steroid dienone is 11. The minimum absolute atomic E-state index is 0.00715. The molecule has 2 atom stereocenters. The molecule has 5 aliphatic heterocycles. The number of aliphatic hydroxyl groups is 1. The van der Waals surface area contributed by atoms with Crippen LogP contribution in [0.5, 0.6) is 0 Å². The number of methoxy groups -OCH3 is 2. The summed E-state index contributed by atoms with van der Waals surface area (Å²) in [6.45, 7) is 12.0. The summed E-state index contributed by atoms with van der Waals surface area (Å²) in [6, 6.07) is 0. The molecule has 0 unspecified atom stereocenters. The van der Waals surface area contributed by atoms with Gasteiger partial charge in [0.05, 0.1) is 60.3 Å². The van der Waals surface area contributed by atoms with Crippen LogP contribution in [-0.4, -0.2) is 48.4 Å². The van der Waals surface area contributed by atoms with Gasteiger partial charge < -0.3 is 19.9 Å². The summed E-state index contributed by atoms with van der Waals surface area (Å²) in [4.78, 5) is 40.2. The lowest BCUT2D eigenvalue weighted by Gasteiger charge is -2.18. The molecule has 0 aromatic carbocycles. The van der Waals surface area contributed by atoms with Gasteiger partial charge in [-0.3, -0.25) is 4.79 Å². The Kier molecular flexibility index (Phi) is 8.10. The first kappa shape index (κ1) is 29.9. The molecule has 5 rings (SSSR count). The molecule has 43 heavy (non-hydrogen) atoms. The molecule has 8 bridgehead atoms. The van der Waals surface area contributed by atoms with E-state index in [4.69, 9.17) is 24.5 Å². The molecule has 5 heterocycles. The minimum Gasteiger partial charge on any atom is -0.515 e. The van der Waals surface area contributed by atoms with Crippen LogP contribution in [0.3, 0.4) is 0 Å². The molecule has 0 aromatic rings. The zero-order valence-corrected chi connectivity index (χ0v) is 26.0. The molecule has 0 aromatic heterocycles. The van der Waals surface area contributed by atoms with Crippen molar-refractivity contribution in [2.75, 3.05) is 14.2 Å². The maximum Gasteiger partial charge on any atom is 0.340 e.